The Bertz CT molecular complexity index is 902. The smallest absolute Gasteiger partial charge is 0.318 e. The number of nitriles is 1. The zero-order chi connectivity index (χ0) is 18.1. The van der Waals surface area contributed by atoms with E-state index in [1.165, 1.54) is 18.2 Å². The van der Waals surface area contributed by atoms with Crippen LogP contribution in [0.25, 0.3) is 0 Å². The van der Waals surface area contributed by atoms with Crippen LogP contribution in [-0.2, 0) is 24.7 Å². The summed E-state index contributed by atoms with van der Waals surface area (Å²) in [6, 6.07) is 5.27. The number of benzene rings is 1. The molecule has 1 saturated heterocycles. The van der Waals surface area contributed by atoms with Crippen LogP contribution in [0, 0.1) is 11.3 Å². The lowest BCUT2D eigenvalue weighted by atomic mass is 10.2. The standard InChI is InChI=1S/C13H14N2O7S2/c14-5-9-2-1-3-10(4-9)24(21,22)15(6-13(17)18)11-7-23(19,20)8-12(11)16/h1-4,11-12,16H,6-8H2,(H,17,18)/t11-,12+/m1/s1. The van der Waals surface area contributed by atoms with Gasteiger partial charge in [-0.15, -0.1) is 0 Å². The molecule has 1 aliphatic rings. The van der Waals surface area contributed by atoms with Crippen LogP contribution >= 0.6 is 0 Å². The summed E-state index contributed by atoms with van der Waals surface area (Å²) < 4.78 is 49.2. The van der Waals surface area contributed by atoms with Crippen molar-refractivity contribution in [3.63, 3.8) is 0 Å². The second-order valence-corrected chi connectivity index (χ2v) is 9.34. The Kier molecular flexibility index (Phi) is 4.95. The van der Waals surface area contributed by atoms with Gasteiger partial charge < -0.3 is 10.2 Å². The molecule has 2 rings (SSSR count). The van der Waals surface area contributed by atoms with Crippen LogP contribution in [-0.4, -0.2) is 67.5 Å². The fourth-order valence-electron chi connectivity index (χ4n) is 2.46. The van der Waals surface area contributed by atoms with Crippen LogP contribution in [0.15, 0.2) is 29.2 Å². The first-order valence-corrected chi connectivity index (χ1v) is 9.95. The van der Waals surface area contributed by atoms with Gasteiger partial charge in [0, 0.05) is 0 Å². The summed E-state index contributed by atoms with van der Waals surface area (Å²) in [6.45, 7) is -1.00. The molecule has 24 heavy (non-hydrogen) atoms. The van der Waals surface area contributed by atoms with Crippen LogP contribution < -0.4 is 0 Å². The van der Waals surface area contributed by atoms with Crippen molar-refractivity contribution in [3.05, 3.63) is 29.8 Å². The van der Waals surface area contributed by atoms with Crippen molar-refractivity contribution in [2.24, 2.45) is 0 Å². The van der Waals surface area contributed by atoms with Crippen molar-refractivity contribution in [2.45, 2.75) is 17.0 Å². The molecule has 1 aromatic carbocycles. The second-order valence-electron chi connectivity index (χ2n) is 5.30. The van der Waals surface area contributed by atoms with Crippen LogP contribution in [0.3, 0.4) is 0 Å². The summed E-state index contributed by atoms with van der Waals surface area (Å²) >= 11 is 0. The number of carboxylic acid groups (broad SMARTS) is 1. The minimum absolute atomic E-state index is 0.0472. The van der Waals surface area contributed by atoms with Gasteiger partial charge in [-0.3, -0.25) is 4.79 Å². The van der Waals surface area contributed by atoms with E-state index in [4.69, 9.17) is 10.4 Å². The van der Waals surface area contributed by atoms with Gasteiger partial charge >= 0.3 is 5.97 Å². The number of nitrogens with zero attached hydrogens (tertiary/aromatic N) is 2. The minimum atomic E-state index is -4.42. The summed E-state index contributed by atoms with van der Waals surface area (Å²) in [6.07, 6.45) is -1.52. The molecule has 1 heterocycles. The number of aliphatic hydroxyl groups excluding tert-OH is 1. The van der Waals surface area contributed by atoms with Gasteiger partial charge in [0.2, 0.25) is 10.0 Å². The molecule has 1 aromatic rings. The van der Waals surface area contributed by atoms with Crippen molar-refractivity contribution >= 4 is 25.8 Å². The lowest BCUT2D eigenvalue weighted by Crippen LogP contribution is -2.48. The third kappa shape index (κ3) is 3.73. The predicted molar refractivity (Wildman–Crippen MR) is 81.1 cm³/mol. The Hall–Kier alpha value is -2.00. The van der Waals surface area contributed by atoms with Crippen LogP contribution in [0.4, 0.5) is 0 Å². The summed E-state index contributed by atoms with van der Waals surface area (Å²) in [5.41, 5.74) is 0.0472. The SMILES string of the molecule is N#Cc1cccc(S(=O)(=O)N(CC(=O)O)[C@@H]2CS(=O)(=O)C[C@@H]2O)c1. The van der Waals surface area contributed by atoms with E-state index in [0.29, 0.717) is 4.31 Å². The van der Waals surface area contributed by atoms with E-state index in [1.807, 2.05) is 0 Å². The summed E-state index contributed by atoms with van der Waals surface area (Å²) in [5.74, 6) is -2.80. The fourth-order valence-corrected chi connectivity index (χ4v) is 6.01. The average molecular weight is 374 g/mol. The summed E-state index contributed by atoms with van der Waals surface area (Å²) in [7, 11) is -8.10. The van der Waals surface area contributed by atoms with Gasteiger partial charge in [0.05, 0.1) is 40.2 Å². The van der Waals surface area contributed by atoms with Gasteiger partial charge in [-0.25, -0.2) is 16.8 Å². The van der Waals surface area contributed by atoms with Crippen molar-refractivity contribution < 1.29 is 31.8 Å². The molecule has 130 valence electrons. The first kappa shape index (κ1) is 18.3. The number of carbonyl (C=O) groups is 1. The average Bonchev–Trinajstić information content (AvgIpc) is 2.77. The number of sulfonamides is 1. The lowest BCUT2D eigenvalue weighted by molar-refractivity contribution is -0.137. The van der Waals surface area contributed by atoms with E-state index in [-0.39, 0.29) is 10.5 Å². The van der Waals surface area contributed by atoms with Gasteiger partial charge in [0.25, 0.3) is 0 Å². The Morgan fingerprint density at radius 3 is 2.54 bits per heavy atom. The number of carboxylic acids is 1. The number of aliphatic carboxylic acids is 1. The number of aliphatic hydroxyl groups is 1. The van der Waals surface area contributed by atoms with Crippen molar-refractivity contribution in [2.75, 3.05) is 18.1 Å². The fraction of sp³-hybridized carbons (Fsp3) is 0.385. The molecule has 0 bridgehead atoms. The molecule has 11 heteroatoms. The second kappa shape index (κ2) is 6.48. The molecule has 2 N–H and O–H groups in total. The molecular weight excluding hydrogens is 360 g/mol. The van der Waals surface area contributed by atoms with Crippen LogP contribution in [0.2, 0.25) is 0 Å². The molecule has 0 spiro atoms. The van der Waals surface area contributed by atoms with E-state index in [9.17, 15) is 26.7 Å². The number of rotatable bonds is 5. The van der Waals surface area contributed by atoms with Gasteiger partial charge in [-0.2, -0.15) is 9.57 Å². The molecule has 0 aliphatic carbocycles. The van der Waals surface area contributed by atoms with E-state index < -0.39 is 56.0 Å². The Morgan fingerprint density at radius 2 is 2.04 bits per heavy atom. The Balaban J connectivity index is 2.51. The largest absolute Gasteiger partial charge is 0.480 e. The molecule has 1 fully saturated rings. The minimum Gasteiger partial charge on any atom is -0.480 e. The number of sulfone groups is 1. The molecular formula is C13H14N2O7S2. The molecule has 2 atom stereocenters. The monoisotopic (exact) mass is 374 g/mol. The van der Waals surface area contributed by atoms with Crippen molar-refractivity contribution in [3.8, 4) is 6.07 Å². The maximum atomic E-state index is 12.7. The van der Waals surface area contributed by atoms with E-state index in [0.717, 1.165) is 6.07 Å². The maximum Gasteiger partial charge on any atom is 0.318 e. The van der Waals surface area contributed by atoms with Crippen molar-refractivity contribution in [1.82, 2.24) is 4.31 Å². The third-order valence-electron chi connectivity index (χ3n) is 3.52. The first-order valence-electron chi connectivity index (χ1n) is 6.69. The summed E-state index contributed by atoms with van der Waals surface area (Å²) in [5, 5.41) is 27.7. The number of hydrogen-bond donors (Lipinski definition) is 2. The highest BCUT2D eigenvalue weighted by molar-refractivity contribution is 7.92. The topological polar surface area (TPSA) is 153 Å². The summed E-state index contributed by atoms with van der Waals surface area (Å²) in [4.78, 5) is 10.7. The number of hydrogen-bond acceptors (Lipinski definition) is 7. The highest BCUT2D eigenvalue weighted by Crippen LogP contribution is 2.25. The molecule has 0 aromatic heterocycles. The van der Waals surface area contributed by atoms with E-state index in [1.54, 1.807) is 6.07 Å². The van der Waals surface area contributed by atoms with E-state index >= 15 is 0 Å². The molecule has 0 amide bonds. The highest BCUT2D eigenvalue weighted by Gasteiger charge is 2.45. The lowest BCUT2D eigenvalue weighted by Gasteiger charge is -2.27. The quantitative estimate of drug-likeness (QED) is 0.651. The van der Waals surface area contributed by atoms with Crippen molar-refractivity contribution in [1.29, 1.82) is 5.26 Å². The van der Waals surface area contributed by atoms with Crippen LogP contribution in [0.1, 0.15) is 5.56 Å². The Morgan fingerprint density at radius 1 is 1.38 bits per heavy atom. The Labute approximate surface area is 138 Å². The zero-order valence-electron chi connectivity index (χ0n) is 12.2. The van der Waals surface area contributed by atoms with Gasteiger partial charge in [-0.1, -0.05) is 6.07 Å². The van der Waals surface area contributed by atoms with Gasteiger partial charge in [0.15, 0.2) is 9.84 Å². The predicted octanol–water partition coefficient (Wildman–Crippen LogP) is -1.21. The highest BCUT2D eigenvalue weighted by atomic mass is 32.2. The van der Waals surface area contributed by atoms with E-state index in [2.05, 4.69) is 0 Å². The molecule has 0 radical (unpaired) electrons. The molecule has 9 nitrogen and oxygen atoms in total. The molecule has 0 saturated carbocycles. The molecule has 1 aliphatic heterocycles. The maximum absolute atomic E-state index is 12.7. The van der Waals surface area contributed by atoms with Gasteiger partial charge in [-0.05, 0) is 18.2 Å². The normalized spacial score (nSPS) is 23.0. The van der Waals surface area contributed by atoms with Crippen LogP contribution in [0.5, 0.6) is 0 Å². The van der Waals surface area contributed by atoms with Gasteiger partial charge in [0.1, 0.15) is 6.54 Å². The molecule has 0 unspecified atom stereocenters. The third-order valence-corrected chi connectivity index (χ3v) is 7.09. The zero-order valence-corrected chi connectivity index (χ0v) is 13.9. The first-order chi connectivity index (χ1) is 11.1.